The van der Waals surface area contributed by atoms with E-state index in [2.05, 4.69) is 15.6 Å². The summed E-state index contributed by atoms with van der Waals surface area (Å²) in [5.41, 5.74) is 8.39. The quantitative estimate of drug-likeness (QED) is 0.188. The minimum absolute atomic E-state index is 0.0422. The maximum atomic E-state index is 14.0. The van der Waals surface area contributed by atoms with Gasteiger partial charge in [-0.2, -0.15) is 0 Å². The zero-order chi connectivity index (χ0) is 31.5. The topological polar surface area (TPSA) is 175 Å². The molecule has 0 aliphatic carbocycles. The summed E-state index contributed by atoms with van der Waals surface area (Å²) in [5.74, 6) is -3.95. The fraction of sp³-hybridized carbons (Fsp3) is 0.303. The van der Waals surface area contributed by atoms with Gasteiger partial charge < -0.3 is 31.4 Å². The zero-order valence-electron chi connectivity index (χ0n) is 24.5. The summed E-state index contributed by atoms with van der Waals surface area (Å²) in [4.78, 5) is 69.3. The van der Waals surface area contributed by atoms with Crippen LogP contribution in [0.4, 0.5) is 0 Å². The number of aromatic nitrogens is 1. The summed E-state index contributed by atoms with van der Waals surface area (Å²) in [6.07, 6.45) is -0.271. The number of aliphatic carboxylic acids is 1. The molecule has 1 aliphatic heterocycles. The molecule has 5 rings (SSSR count). The Labute approximate surface area is 253 Å². The Hall–Kier alpha value is -5.19. The standard InChI is InChI=1S/C33H35N5O6/c1-18(2)13-26(31(42)36-25(30(34)41)16-29(39)40)37-32(43)28-15-23-22-9-5-6-10-24(22)35-27(23)17-38(28)33(44)21-12-11-19-7-3-4-8-20(19)14-21/h3-12,14,18,25-26,28,35H,13,15-17H2,1-2H3,(H2,34,41)(H,36,42)(H,37,43)(H,39,40)/t25-,26-,28+/m0/s1. The fourth-order valence-corrected chi connectivity index (χ4v) is 5.78. The van der Waals surface area contributed by atoms with Crippen molar-refractivity contribution in [2.75, 3.05) is 0 Å². The van der Waals surface area contributed by atoms with Crippen LogP contribution in [0.5, 0.6) is 0 Å². The van der Waals surface area contributed by atoms with E-state index in [-0.39, 0.29) is 31.2 Å². The van der Waals surface area contributed by atoms with Crippen LogP contribution >= 0.6 is 0 Å². The predicted molar refractivity (Wildman–Crippen MR) is 164 cm³/mol. The average molecular weight is 598 g/mol. The van der Waals surface area contributed by atoms with Gasteiger partial charge in [-0.05, 0) is 46.9 Å². The molecule has 1 aromatic heterocycles. The highest BCUT2D eigenvalue weighted by atomic mass is 16.4. The van der Waals surface area contributed by atoms with E-state index in [1.54, 1.807) is 12.1 Å². The van der Waals surface area contributed by atoms with Crippen LogP contribution in [0, 0.1) is 5.92 Å². The van der Waals surface area contributed by atoms with Crippen LogP contribution in [0.25, 0.3) is 21.7 Å². The Bertz CT molecular complexity index is 1760. The molecule has 4 aromatic rings. The van der Waals surface area contributed by atoms with Crippen LogP contribution < -0.4 is 16.4 Å². The van der Waals surface area contributed by atoms with Crippen molar-refractivity contribution in [2.45, 2.75) is 57.8 Å². The van der Waals surface area contributed by atoms with Crippen molar-refractivity contribution in [3.05, 3.63) is 83.6 Å². The van der Waals surface area contributed by atoms with E-state index in [0.29, 0.717) is 5.56 Å². The number of carbonyl (C=O) groups excluding carboxylic acids is 4. The third-order valence-electron chi connectivity index (χ3n) is 7.94. The van der Waals surface area contributed by atoms with Gasteiger partial charge in [-0.3, -0.25) is 24.0 Å². The number of hydrogen-bond acceptors (Lipinski definition) is 5. The predicted octanol–water partition coefficient (Wildman–Crippen LogP) is 2.86. The minimum atomic E-state index is -1.44. The van der Waals surface area contributed by atoms with Crippen LogP contribution in [-0.4, -0.2) is 62.7 Å². The van der Waals surface area contributed by atoms with Gasteiger partial charge in [0.15, 0.2) is 0 Å². The molecule has 0 unspecified atom stereocenters. The number of carboxylic acid groups (broad SMARTS) is 1. The zero-order valence-corrected chi connectivity index (χ0v) is 24.5. The Morgan fingerprint density at radius 3 is 2.36 bits per heavy atom. The fourth-order valence-electron chi connectivity index (χ4n) is 5.78. The average Bonchev–Trinajstić information content (AvgIpc) is 3.36. The first-order valence-electron chi connectivity index (χ1n) is 14.5. The lowest BCUT2D eigenvalue weighted by molar-refractivity contribution is -0.140. The van der Waals surface area contributed by atoms with Gasteiger partial charge in [-0.15, -0.1) is 0 Å². The second kappa shape index (κ2) is 12.6. The number of amides is 4. The van der Waals surface area contributed by atoms with Gasteiger partial charge in [0.25, 0.3) is 5.91 Å². The molecule has 1 aliphatic rings. The lowest BCUT2D eigenvalue weighted by Gasteiger charge is -2.36. The molecular formula is C33H35N5O6. The summed E-state index contributed by atoms with van der Waals surface area (Å²) in [6.45, 7) is 3.88. The van der Waals surface area contributed by atoms with Gasteiger partial charge in [-0.1, -0.05) is 62.4 Å². The molecule has 0 bridgehead atoms. The van der Waals surface area contributed by atoms with Crippen LogP contribution in [0.1, 0.15) is 48.3 Å². The van der Waals surface area contributed by atoms with Crippen LogP contribution in [0.2, 0.25) is 0 Å². The van der Waals surface area contributed by atoms with E-state index >= 15 is 0 Å². The van der Waals surface area contributed by atoms with E-state index < -0.39 is 48.2 Å². The third-order valence-corrected chi connectivity index (χ3v) is 7.94. The highest BCUT2D eigenvalue weighted by Gasteiger charge is 2.38. The third kappa shape index (κ3) is 6.41. The maximum absolute atomic E-state index is 14.0. The van der Waals surface area contributed by atoms with Crippen LogP contribution in [0.3, 0.4) is 0 Å². The van der Waals surface area contributed by atoms with E-state index in [1.165, 1.54) is 4.90 Å². The number of nitrogens with one attached hydrogen (secondary N) is 3. The Balaban J connectivity index is 1.47. The lowest BCUT2D eigenvalue weighted by Crippen LogP contribution is -2.58. The minimum Gasteiger partial charge on any atom is -0.481 e. The molecule has 0 saturated carbocycles. The number of nitrogens with two attached hydrogens (primary N) is 1. The Morgan fingerprint density at radius 1 is 0.955 bits per heavy atom. The number of H-pyrrole nitrogens is 1. The number of rotatable bonds is 10. The molecule has 2 heterocycles. The molecule has 11 heteroatoms. The van der Waals surface area contributed by atoms with Crippen LogP contribution in [0.15, 0.2) is 66.7 Å². The number of benzene rings is 3. The maximum Gasteiger partial charge on any atom is 0.305 e. The van der Waals surface area contributed by atoms with Crippen molar-refractivity contribution in [3.8, 4) is 0 Å². The van der Waals surface area contributed by atoms with Gasteiger partial charge >= 0.3 is 5.97 Å². The summed E-state index contributed by atoms with van der Waals surface area (Å²) < 4.78 is 0. The van der Waals surface area contributed by atoms with Crippen molar-refractivity contribution in [3.63, 3.8) is 0 Å². The number of para-hydroxylation sites is 1. The SMILES string of the molecule is CC(C)C[C@H](NC(=O)[C@H]1Cc2c([nH]c3ccccc23)CN1C(=O)c1ccc2ccccc2c1)C(=O)N[C@@H](CC(=O)O)C(N)=O. The van der Waals surface area contributed by atoms with E-state index in [9.17, 15) is 24.0 Å². The number of fused-ring (bicyclic) bond motifs is 4. The monoisotopic (exact) mass is 597 g/mol. The molecule has 3 aromatic carbocycles. The molecule has 6 N–H and O–H groups in total. The molecule has 228 valence electrons. The first-order valence-corrected chi connectivity index (χ1v) is 14.5. The second-order valence-electron chi connectivity index (χ2n) is 11.6. The van der Waals surface area contributed by atoms with Crippen molar-refractivity contribution in [2.24, 2.45) is 11.7 Å². The lowest BCUT2D eigenvalue weighted by atomic mass is 9.94. The van der Waals surface area contributed by atoms with Crippen LogP contribution in [-0.2, 0) is 32.1 Å². The Kier molecular flexibility index (Phi) is 8.66. The Morgan fingerprint density at radius 2 is 1.66 bits per heavy atom. The number of carboxylic acids is 1. The molecule has 0 fully saturated rings. The number of nitrogens with zero attached hydrogens (tertiary/aromatic N) is 1. The number of carbonyl (C=O) groups is 5. The number of aromatic amines is 1. The van der Waals surface area contributed by atoms with Crippen molar-refractivity contribution in [1.29, 1.82) is 0 Å². The highest BCUT2D eigenvalue weighted by Crippen LogP contribution is 2.32. The summed E-state index contributed by atoms with van der Waals surface area (Å²) in [5, 5.41) is 17.1. The van der Waals surface area contributed by atoms with Gasteiger partial charge in [0.05, 0.1) is 13.0 Å². The van der Waals surface area contributed by atoms with Gasteiger partial charge in [0.1, 0.15) is 18.1 Å². The van der Waals surface area contributed by atoms with Crippen molar-refractivity contribution >= 4 is 51.3 Å². The van der Waals surface area contributed by atoms with E-state index in [1.807, 2.05) is 68.4 Å². The number of hydrogen-bond donors (Lipinski definition) is 5. The molecule has 44 heavy (non-hydrogen) atoms. The van der Waals surface area contributed by atoms with Crippen molar-refractivity contribution in [1.82, 2.24) is 20.5 Å². The number of primary amides is 1. The molecule has 3 atom stereocenters. The van der Waals surface area contributed by atoms with Crippen molar-refractivity contribution < 1.29 is 29.1 Å². The van der Waals surface area contributed by atoms with Gasteiger partial charge in [0, 0.05) is 28.6 Å². The molecular weight excluding hydrogens is 562 g/mol. The van der Waals surface area contributed by atoms with E-state index in [0.717, 1.165) is 32.9 Å². The molecule has 0 radical (unpaired) electrons. The first kappa shape index (κ1) is 30.3. The summed E-state index contributed by atoms with van der Waals surface area (Å²) in [6, 6.07) is 17.3. The van der Waals surface area contributed by atoms with E-state index in [4.69, 9.17) is 10.8 Å². The highest BCUT2D eigenvalue weighted by molar-refractivity contribution is 6.02. The molecule has 4 amide bonds. The van der Waals surface area contributed by atoms with Gasteiger partial charge in [-0.25, -0.2) is 0 Å². The summed E-state index contributed by atoms with van der Waals surface area (Å²) >= 11 is 0. The largest absolute Gasteiger partial charge is 0.481 e. The molecule has 0 saturated heterocycles. The molecule has 0 spiro atoms. The summed E-state index contributed by atoms with van der Waals surface area (Å²) in [7, 11) is 0. The van der Waals surface area contributed by atoms with Gasteiger partial charge in [0.2, 0.25) is 17.7 Å². The smallest absolute Gasteiger partial charge is 0.305 e. The normalized spacial score (nSPS) is 15.9. The molecule has 11 nitrogen and oxygen atoms in total. The second-order valence-corrected chi connectivity index (χ2v) is 11.6. The first-order chi connectivity index (χ1) is 21.0.